The highest BCUT2D eigenvalue weighted by Crippen LogP contribution is 2.34. The molecule has 0 aromatic rings. The molecule has 0 aromatic heterocycles. The van der Waals surface area contributed by atoms with Gasteiger partial charge in [-0.2, -0.15) is 0 Å². The van der Waals surface area contributed by atoms with Crippen LogP contribution >= 0.6 is 0 Å². The zero-order chi connectivity index (χ0) is 33.3. The van der Waals surface area contributed by atoms with Gasteiger partial charge in [-0.3, -0.25) is 0 Å². The quantitative estimate of drug-likeness (QED) is 0.103. The summed E-state index contributed by atoms with van der Waals surface area (Å²) in [6, 6.07) is 0. The first kappa shape index (κ1) is 37.0. The Labute approximate surface area is 254 Å². The fraction of sp³-hybridized carbons (Fsp3) is 1.00. The zero-order valence-corrected chi connectivity index (χ0v) is 23.5. The molecule has 0 unspecified atom stereocenters. The highest BCUT2D eigenvalue weighted by Gasteiger charge is 2.55. The normalized spacial score (nSPS) is 52.9. The molecule has 4 saturated heterocycles. The number of hydrogen-bond acceptors (Lipinski definition) is 21. The maximum atomic E-state index is 10.9. The minimum atomic E-state index is -2.02. The third kappa shape index (κ3) is 7.44. The van der Waals surface area contributed by atoms with Crippen LogP contribution in [0.2, 0.25) is 0 Å². The van der Waals surface area contributed by atoms with Crippen molar-refractivity contribution in [2.45, 2.75) is 123 Å². The van der Waals surface area contributed by atoms with E-state index in [9.17, 15) is 71.5 Å². The molecule has 21 heteroatoms. The van der Waals surface area contributed by atoms with Crippen LogP contribution in [0, 0.1) is 0 Å². The van der Waals surface area contributed by atoms with E-state index in [0.717, 1.165) is 0 Å². The van der Waals surface area contributed by atoms with Crippen molar-refractivity contribution in [3.05, 3.63) is 0 Å². The number of rotatable bonds is 10. The predicted molar refractivity (Wildman–Crippen MR) is 134 cm³/mol. The lowest BCUT2D eigenvalue weighted by Gasteiger charge is -2.49. The summed E-state index contributed by atoms with van der Waals surface area (Å²) < 4.78 is 37.7. The lowest BCUT2D eigenvalue weighted by atomic mass is 9.95. The van der Waals surface area contributed by atoms with Crippen LogP contribution < -0.4 is 0 Å². The molecule has 21 nitrogen and oxygen atoms in total. The van der Waals surface area contributed by atoms with Gasteiger partial charge in [0.05, 0.1) is 26.4 Å². The molecule has 45 heavy (non-hydrogen) atoms. The molecular weight excluding hydrogens is 624 g/mol. The standard InChI is InChI=1S/C24H42O21/c25-1-5-9(29)10(30)15(35)22(40-5)44-19-7(3-27)42-24(17(37)12(19)32)45-20-8(4-28)41-23(16(36)13(20)33)43-18-6(2-26)39-21(38)14(34)11(18)31/h5-38H,1-4H2/t5-,6-,7-,8-,9+,10+,11-,12-,13-,14-,15-,16-,17-,18-,19+,20+,21-,22+,23+,24+/m1/s1. The molecular formula is C24H42O21. The molecule has 0 spiro atoms. The van der Waals surface area contributed by atoms with Gasteiger partial charge in [0.1, 0.15) is 97.7 Å². The van der Waals surface area contributed by atoms with Gasteiger partial charge in [0.25, 0.3) is 0 Å². The molecule has 0 saturated carbocycles. The smallest absolute Gasteiger partial charge is 0.187 e. The summed E-state index contributed by atoms with van der Waals surface area (Å²) in [7, 11) is 0. The highest BCUT2D eigenvalue weighted by atomic mass is 16.8. The molecule has 264 valence electrons. The van der Waals surface area contributed by atoms with E-state index >= 15 is 0 Å². The van der Waals surface area contributed by atoms with Gasteiger partial charge in [-0.05, 0) is 0 Å². The Hall–Kier alpha value is -0.840. The van der Waals surface area contributed by atoms with E-state index in [0.29, 0.717) is 0 Å². The maximum Gasteiger partial charge on any atom is 0.187 e. The molecule has 0 aliphatic carbocycles. The van der Waals surface area contributed by atoms with Crippen LogP contribution in [0.4, 0.5) is 0 Å². The Balaban J connectivity index is 1.43. The molecule has 14 N–H and O–H groups in total. The SMILES string of the molecule is OC[C@H]1O[C@@H](O[C@@H]2[C@H](O)[C@@H](O)[C@H](O[C@@H]3[C@H](O)[C@@H](O)[C@H](O[C@H]4[C@H](O)[C@@H](O)[C@H](O)O[C@@H]4CO)O[C@@H]3CO)O[C@@H]2CO)[C@H](O)[C@@H](O)[C@H]1O. The molecule has 4 heterocycles. The van der Waals surface area contributed by atoms with Crippen molar-refractivity contribution in [1.29, 1.82) is 0 Å². The second-order valence-electron chi connectivity index (χ2n) is 11.1. The molecule has 0 bridgehead atoms. The second-order valence-corrected chi connectivity index (χ2v) is 11.1. The van der Waals surface area contributed by atoms with Crippen LogP contribution in [0.3, 0.4) is 0 Å². The summed E-state index contributed by atoms with van der Waals surface area (Å²) in [5, 5.41) is 142. The van der Waals surface area contributed by atoms with Crippen LogP contribution in [0.15, 0.2) is 0 Å². The van der Waals surface area contributed by atoms with E-state index < -0.39 is 149 Å². The van der Waals surface area contributed by atoms with Gasteiger partial charge >= 0.3 is 0 Å². The van der Waals surface area contributed by atoms with Crippen molar-refractivity contribution in [3.8, 4) is 0 Å². The monoisotopic (exact) mass is 666 g/mol. The van der Waals surface area contributed by atoms with Crippen molar-refractivity contribution < 1.29 is 105 Å². The van der Waals surface area contributed by atoms with Gasteiger partial charge < -0.3 is 105 Å². The Morgan fingerprint density at radius 2 is 0.644 bits per heavy atom. The van der Waals surface area contributed by atoms with Crippen LogP contribution in [0.1, 0.15) is 0 Å². The third-order valence-corrected chi connectivity index (χ3v) is 8.20. The average Bonchev–Trinajstić information content (AvgIpc) is 3.03. The molecule has 4 rings (SSSR count). The molecule has 0 radical (unpaired) electrons. The van der Waals surface area contributed by atoms with E-state index in [2.05, 4.69) is 0 Å². The molecule has 0 amide bonds. The topological polar surface area (TPSA) is 348 Å². The first-order valence-corrected chi connectivity index (χ1v) is 14.1. The first-order chi connectivity index (χ1) is 21.3. The van der Waals surface area contributed by atoms with Crippen molar-refractivity contribution >= 4 is 0 Å². The number of hydrogen-bond donors (Lipinski definition) is 14. The van der Waals surface area contributed by atoms with Crippen molar-refractivity contribution in [1.82, 2.24) is 0 Å². The lowest BCUT2D eigenvalue weighted by molar-refractivity contribution is -0.387. The molecule has 20 atom stereocenters. The lowest BCUT2D eigenvalue weighted by Crippen LogP contribution is -2.67. The van der Waals surface area contributed by atoms with Crippen LogP contribution in [-0.2, 0) is 33.2 Å². The number of aliphatic hydroxyl groups excluding tert-OH is 14. The summed E-state index contributed by atoms with van der Waals surface area (Å²) in [6.07, 6.45) is -35.3. The summed E-state index contributed by atoms with van der Waals surface area (Å²) in [4.78, 5) is 0. The Morgan fingerprint density at radius 1 is 0.333 bits per heavy atom. The summed E-state index contributed by atoms with van der Waals surface area (Å²) in [5.41, 5.74) is 0. The molecule has 4 aliphatic rings. The van der Waals surface area contributed by atoms with Crippen LogP contribution in [0.25, 0.3) is 0 Å². The zero-order valence-electron chi connectivity index (χ0n) is 23.5. The minimum Gasteiger partial charge on any atom is -0.394 e. The molecule has 4 aliphatic heterocycles. The van der Waals surface area contributed by atoms with E-state index in [1.54, 1.807) is 0 Å². The van der Waals surface area contributed by atoms with Crippen LogP contribution in [-0.4, -0.2) is 221 Å². The Morgan fingerprint density at radius 3 is 1.02 bits per heavy atom. The van der Waals surface area contributed by atoms with Gasteiger partial charge in [0.2, 0.25) is 0 Å². The fourth-order valence-corrected chi connectivity index (χ4v) is 5.55. The second kappa shape index (κ2) is 15.6. The van der Waals surface area contributed by atoms with Crippen molar-refractivity contribution in [2.24, 2.45) is 0 Å². The predicted octanol–water partition coefficient (Wildman–Crippen LogP) is -9.75. The highest BCUT2D eigenvalue weighted by molar-refractivity contribution is 4.97. The summed E-state index contributed by atoms with van der Waals surface area (Å²) >= 11 is 0. The van der Waals surface area contributed by atoms with E-state index in [1.807, 2.05) is 0 Å². The number of aliphatic hydroxyl groups is 14. The van der Waals surface area contributed by atoms with E-state index in [4.69, 9.17) is 33.2 Å². The van der Waals surface area contributed by atoms with Crippen molar-refractivity contribution in [3.63, 3.8) is 0 Å². The molecule has 4 fully saturated rings. The van der Waals surface area contributed by atoms with Gasteiger partial charge in [-0.15, -0.1) is 0 Å². The van der Waals surface area contributed by atoms with Gasteiger partial charge in [0.15, 0.2) is 25.2 Å². The third-order valence-electron chi connectivity index (χ3n) is 8.20. The summed E-state index contributed by atoms with van der Waals surface area (Å²) in [6.45, 7) is -3.39. The average molecular weight is 667 g/mol. The van der Waals surface area contributed by atoms with Crippen molar-refractivity contribution in [2.75, 3.05) is 26.4 Å². The van der Waals surface area contributed by atoms with Gasteiger partial charge in [0, 0.05) is 0 Å². The Kier molecular flexibility index (Phi) is 12.8. The fourth-order valence-electron chi connectivity index (χ4n) is 5.55. The maximum absolute atomic E-state index is 10.9. The minimum absolute atomic E-state index is 0.784. The largest absolute Gasteiger partial charge is 0.394 e. The van der Waals surface area contributed by atoms with Gasteiger partial charge in [-0.25, -0.2) is 0 Å². The Bertz CT molecular complexity index is 910. The first-order valence-electron chi connectivity index (χ1n) is 14.1. The molecule has 0 aromatic carbocycles. The van der Waals surface area contributed by atoms with E-state index in [1.165, 1.54) is 0 Å². The van der Waals surface area contributed by atoms with E-state index in [-0.39, 0.29) is 0 Å². The number of ether oxygens (including phenoxy) is 7. The van der Waals surface area contributed by atoms with Gasteiger partial charge in [-0.1, -0.05) is 0 Å². The summed E-state index contributed by atoms with van der Waals surface area (Å²) in [5.74, 6) is 0. The van der Waals surface area contributed by atoms with Crippen LogP contribution in [0.5, 0.6) is 0 Å².